The molecule has 0 saturated heterocycles. The number of Topliss-reactive ketones (excluding diaryl/α,β-unsaturated/α-hetero) is 1. The zero-order valence-corrected chi connectivity index (χ0v) is 11.3. The van der Waals surface area contributed by atoms with Crippen molar-refractivity contribution < 1.29 is 19.6 Å². The first kappa shape index (κ1) is 12.4. The number of anilines is 2. The summed E-state index contributed by atoms with van der Waals surface area (Å²) in [4.78, 5) is 20.8. The van der Waals surface area contributed by atoms with E-state index in [1.54, 1.807) is 18.2 Å². The maximum atomic E-state index is 12.6. The molecule has 0 unspecified atom stereocenters. The first-order chi connectivity index (χ1) is 11.0. The topological polar surface area (TPSA) is 146 Å². The second kappa shape index (κ2) is 3.62. The summed E-state index contributed by atoms with van der Waals surface area (Å²) in [5, 5.41) is 34.2. The van der Waals surface area contributed by atoms with Gasteiger partial charge in [0.25, 0.3) is 5.72 Å². The van der Waals surface area contributed by atoms with Crippen LogP contribution >= 0.6 is 0 Å². The highest BCUT2D eigenvalue weighted by Crippen LogP contribution is 2.48. The number of nitrogens with zero attached hydrogens (tertiary/aromatic N) is 4. The molecule has 0 fully saturated rings. The van der Waals surface area contributed by atoms with Crippen LogP contribution in [0.2, 0.25) is 0 Å². The van der Waals surface area contributed by atoms with Crippen LogP contribution in [0.3, 0.4) is 0 Å². The smallest absolute Gasteiger partial charge is 0.255 e. The van der Waals surface area contributed by atoms with Gasteiger partial charge in [0.05, 0.1) is 0 Å². The van der Waals surface area contributed by atoms with Crippen LogP contribution in [0, 0.1) is 0 Å². The van der Waals surface area contributed by atoms with E-state index in [1.165, 1.54) is 6.07 Å². The molecule has 0 bridgehead atoms. The van der Waals surface area contributed by atoms with Crippen molar-refractivity contribution in [3.05, 3.63) is 35.4 Å². The van der Waals surface area contributed by atoms with Gasteiger partial charge in [0.2, 0.25) is 22.8 Å². The van der Waals surface area contributed by atoms with E-state index in [4.69, 9.17) is 0 Å². The normalized spacial score (nSPS) is 27.8. The molecule has 2 aromatic heterocycles. The second-order valence-corrected chi connectivity index (χ2v) is 5.38. The Balaban J connectivity index is 1.78. The number of aromatic nitrogens is 4. The standard InChI is InChI=1S/C13H8N6O4/c20-7-5-3-1-2-4-6(5)12(21)13(7,22)17-9-8(16-12)14-10-11(15-9)19-23-18-10/h1-4,21-22H,(H,14,16,18)(H,15,17,19)/t12-,13-/m1/s1. The lowest BCUT2D eigenvalue weighted by Crippen LogP contribution is -2.64. The first-order valence-electron chi connectivity index (χ1n) is 6.69. The van der Waals surface area contributed by atoms with Gasteiger partial charge >= 0.3 is 0 Å². The SMILES string of the molecule is O=C1c2ccccc2[C@]2(O)Nc3nc4nonc4nc3N[C@@]12O. The third-order valence-electron chi connectivity index (χ3n) is 4.13. The predicted octanol–water partition coefficient (Wildman–Crippen LogP) is -0.420. The van der Waals surface area contributed by atoms with Crippen molar-refractivity contribution in [3.63, 3.8) is 0 Å². The van der Waals surface area contributed by atoms with Gasteiger partial charge in [0.15, 0.2) is 11.6 Å². The molecule has 3 heterocycles. The Morgan fingerprint density at radius 3 is 2.26 bits per heavy atom. The van der Waals surface area contributed by atoms with Gasteiger partial charge in [0, 0.05) is 11.1 Å². The fourth-order valence-electron chi connectivity index (χ4n) is 3.01. The van der Waals surface area contributed by atoms with Crippen molar-refractivity contribution in [1.29, 1.82) is 0 Å². The first-order valence-corrected chi connectivity index (χ1v) is 6.69. The lowest BCUT2D eigenvalue weighted by Gasteiger charge is -2.42. The Bertz CT molecular complexity index is 1000. The minimum Gasteiger partial charge on any atom is -0.363 e. The summed E-state index contributed by atoms with van der Waals surface area (Å²) in [5.41, 5.74) is -3.72. The van der Waals surface area contributed by atoms with E-state index in [1.807, 2.05) is 0 Å². The third-order valence-corrected chi connectivity index (χ3v) is 4.13. The number of aliphatic hydroxyl groups is 2. The Kier molecular flexibility index (Phi) is 1.96. The number of hydrogen-bond acceptors (Lipinski definition) is 10. The van der Waals surface area contributed by atoms with E-state index in [0.29, 0.717) is 0 Å². The van der Waals surface area contributed by atoms with E-state index in [-0.39, 0.29) is 34.1 Å². The van der Waals surface area contributed by atoms with Gasteiger partial charge in [-0.1, -0.05) is 24.3 Å². The molecular weight excluding hydrogens is 304 g/mol. The molecule has 0 radical (unpaired) electrons. The van der Waals surface area contributed by atoms with Gasteiger partial charge in [-0.25, -0.2) is 14.6 Å². The maximum absolute atomic E-state index is 12.6. The number of hydrogen-bond donors (Lipinski definition) is 4. The molecule has 4 N–H and O–H groups in total. The summed E-state index contributed by atoms with van der Waals surface area (Å²) in [6.07, 6.45) is 0. The molecule has 0 spiro atoms. The number of nitrogens with one attached hydrogen (secondary N) is 2. The van der Waals surface area contributed by atoms with Gasteiger partial charge in [-0.2, -0.15) is 0 Å². The number of benzene rings is 1. The molecule has 1 aromatic carbocycles. The molecule has 1 aliphatic carbocycles. The van der Waals surface area contributed by atoms with Crippen molar-refractivity contribution in [2.45, 2.75) is 11.4 Å². The number of rotatable bonds is 0. The van der Waals surface area contributed by atoms with Crippen molar-refractivity contribution in [1.82, 2.24) is 20.3 Å². The van der Waals surface area contributed by atoms with E-state index in [9.17, 15) is 15.0 Å². The average Bonchev–Trinajstić information content (AvgIpc) is 3.05. The number of carbonyl (C=O) groups is 1. The molecule has 5 rings (SSSR count). The number of fused-ring (bicyclic) bond motifs is 5. The highest BCUT2D eigenvalue weighted by Gasteiger charge is 2.66. The minimum absolute atomic E-state index is 0.0570. The Morgan fingerprint density at radius 2 is 1.57 bits per heavy atom. The van der Waals surface area contributed by atoms with Gasteiger partial charge in [0.1, 0.15) is 0 Å². The maximum Gasteiger partial charge on any atom is 0.255 e. The average molecular weight is 312 g/mol. The van der Waals surface area contributed by atoms with Gasteiger partial charge in [-0.15, -0.1) is 0 Å². The van der Waals surface area contributed by atoms with Crippen LogP contribution in [-0.4, -0.2) is 42.0 Å². The molecule has 2 atom stereocenters. The van der Waals surface area contributed by atoms with E-state index < -0.39 is 17.2 Å². The Morgan fingerprint density at radius 1 is 0.957 bits per heavy atom. The summed E-state index contributed by atoms with van der Waals surface area (Å²) in [7, 11) is 0. The molecule has 0 amide bonds. The molecule has 2 aliphatic rings. The van der Waals surface area contributed by atoms with Gasteiger partial charge in [-0.05, 0) is 10.3 Å². The molecular formula is C13H8N6O4. The van der Waals surface area contributed by atoms with E-state index in [0.717, 1.165) is 0 Å². The molecule has 10 heteroatoms. The highest BCUT2D eigenvalue weighted by atomic mass is 16.6. The lowest BCUT2D eigenvalue weighted by atomic mass is 9.96. The zero-order chi connectivity index (χ0) is 15.8. The minimum atomic E-state index is -2.32. The second-order valence-electron chi connectivity index (χ2n) is 5.38. The number of ketones is 1. The molecule has 114 valence electrons. The van der Waals surface area contributed by atoms with Crippen LogP contribution in [0.25, 0.3) is 11.3 Å². The fraction of sp³-hybridized carbons (Fsp3) is 0.154. The third kappa shape index (κ3) is 1.28. The van der Waals surface area contributed by atoms with Crippen LogP contribution in [-0.2, 0) is 5.72 Å². The van der Waals surface area contributed by atoms with Crippen LogP contribution in [0.1, 0.15) is 15.9 Å². The molecule has 10 nitrogen and oxygen atoms in total. The van der Waals surface area contributed by atoms with E-state index in [2.05, 4.69) is 35.5 Å². The Labute approximate surface area is 127 Å². The highest BCUT2D eigenvalue weighted by molar-refractivity contribution is 6.11. The zero-order valence-electron chi connectivity index (χ0n) is 11.3. The van der Waals surface area contributed by atoms with Crippen LogP contribution in [0.4, 0.5) is 11.6 Å². The van der Waals surface area contributed by atoms with Crippen molar-refractivity contribution in [2.75, 3.05) is 10.6 Å². The van der Waals surface area contributed by atoms with Crippen LogP contribution in [0.15, 0.2) is 28.9 Å². The van der Waals surface area contributed by atoms with Crippen molar-refractivity contribution in [2.24, 2.45) is 0 Å². The quantitative estimate of drug-likeness (QED) is 0.431. The predicted molar refractivity (Wildman–Crippen MR) is 74.3 cm³/mol. The van der Waals surface area contributed by atoms with Crippen LogP contribution < -0.4 is 10.6 Å². The fourth-order valence-corrected chi connectivity index (χ4v) is 3.01. The molecule has 0 saturated carbocycles. The summed E-state index contributed by atoms with van der Waals surface area (Å²) in [5.74, 6) is -0.500. The molecule has 1 aliphatic heterocycles. The van der Waals surface area contributed by atoms with Crippen molar-refractivity contribution >= 4 is 28.7 Å². The van der Waals surface area contributed by atoms with Crippen molar-refractivity contribution in [3.8, 4) is 0 Å². The van der Waals surface area contributed by atoms with Gasteiger partial charge in [-0.3, -0.25) is 4.79 Å². The summed E-state index contributed by atoms with van der Waals surface area (Å²) in [6, 6.07) is 6.38. The van der Waals surface area contributed by atoms with Crippen LogP contribution in [0.5, 0.6) is 0 Å². The van der Waals surface area contributed by atoms with E-state index >= 15 is 0 Å². The number of carbonyl (C=O) groups excluding carboxylic acids is 1. The largest absolute Gasteiger partial charge is 0.363 e. The monoisotopic (exact) mass is 312 g/mol. The lowest BCUT2D eigenvalue weighted by molar-refractivity contribution is -0.0919. The summed E-state index contributed by atoms with van der Waals surface area (Å²) >= 11 is 0. The summed E-state index contributed by atoms with van der Waals surface area (Å²) < 4.78 is 4.53. The van der Waals surface area contributed by atoms with Gasteiger partial charge < -0.3 is 20.8 Å². The molecule has 3 aromatic rings. The summed E-state index contributed by atoms with van der Waals surface area (Å²) in [6.45, 7) is 0. The Hall–Kier alpha value is -3.11. The molecule has 23 heavy (non-hydrogen) atoms.